The lowest BCUT2D eigenvalue weighted by Gasteiger charge is -2.25. The molecular weight excluding hydrogens is 212 g/mol. The Morgan fingerprint density at radius 1 is 1.29 bits per heavy atom. The Kier molecular flexibility index (Phi) is 4.17. The number of benzene rings is 1. The van der Waals surface area contributed by atoms with E-state index in [0.717, 1.165) is 31.9 Å². The Morgan fingerprint density at radius 2 is 2.00 bits per heavy atom. The van der Waals surface area contributed by atoms with Crippen molar-refractivity contribution in [2.45, 2.75) is 6.42 Å². The fraction of sp³-hybridized carbons (Fsp3) is 0.357. The summed E-state index contributed by atoms with van der Waals surface area (Å²) in [6.07, 6.45) is 2.67. The molecule has 1 aromatic carbocycles. The fourth-order valence-electron chi connectivity index (χ4n) is 1.86. The molecule has 0 saturated carbocycles. The number of nitrogens with zero attached hydrogens (tertiary/aromatic N) is 2. The fourth-order valence-corrected chi connectivity index (χ4v) is 1.86. The predicted octanol–water partition coefficient (Wildman–Crippen LogP) is 1.97. The van der Waals surface area contributed by atoms with Crippen molar-refractivity contribution in [2.24, 2.45) is 0 Å². The van der Waals surface area contributed by atoms with Crippen LogP contribution in [0.2, 0.25) is 0 Å². The normalized spacial score (nSPS) is 16.6. The Labute approximate surface area is 102 Å². The molecule has 2 rings (SSSR count). The summed E-state index contributed by atoms with van der Waals surface area (Å²) in [5.41, 5.74) is 1.98. The van der Waals surface area contributed by atoms with E-state index in [2.05, 4.69) is 11.0 Å². The van der Waals surface area contributed by atoms with Crippen molar-refractivity contribution in [3.63, 3.8) is 0 Å². The first-order valence-electron chi connectivity index (χ1n) is 5.85. The molecule has 1 aromatic rings. The monoisotopic (exact) mass is 228 g/mol. The third-order valence-corrected chi connectivity index (χ3v) is 2.77. The summed E-state index contributed by atoms with van der Waals surface area (Å²) in [5.74, 6) is 0. The highest BCUT2D eigenvalue weighted by molar-refractivity contribution is 5.29. The zero-order valence-electron chi connectivity index (χ0n) is 9.80. The van der Waals surface area contributed by atoms with Crippen LogP contribution < -0.4 is 0 Å². The Morgan fingerprint density at radius 3 is 2.65 bits per heavy atom. The van der Waals surface area contributed by atoms with Crippen molar-refractivity contribution in [2.75, 3.05) is 26.3 Å². The lowest BCUT2D eigenvalue weighted by atomic mass is 10.1. The predicted molar refractivity (Wildman–Crippen MR) is 66.2 cm³/mol. The summed E-state index contributed by atoms with van der Waals surface area (Å²) in [7, 11) is 0. The van der Waals surface area contributed by atoms with Crippen LogP contribution in [-0.4, -0.2) is 31.2 Å². The smallest absolute Gasteiger partial charge is 0.0965 e. The zero-order valence-corrected chi connectivity index (χ0v) is 9.80. The van der Waals surface area contributed by atoms with Gasteiger partial charge in [0.15, 0.2) is 0 Å². The average Bonchev–Trinajstić information content (AvgIpc) is 2.40. The minimum Gasteiger partial charge on any atom is -0.378 e. The van der Waals surface area contributed by atoms with Crippen LogP contribution in [0.15, 0.2) is 42.1 Å². The topological polar surface area (TPSA) is 36.3 Å². The quantitative estimate of drug-likeness (QED) is 0.742. The zero-order chi connectivity index (χ0) is 11.9. The molecule has 0 aliphatic carbocycles. The molecule has 1 heterocycles. The molecule has 17 heavy (non-hydrogen) atoms. The summed E-state index contributed by atoms with van der Waals surface area (Å²) < 4.78 is 5.28. The molecule has 3 nitrogen and oxygen atoms in total. The van der Waals surface area contributed by atoms with Gasteiger partial charge < -0.3 is 9.64 Å². The van der Waals surface area contributed by atoms with Gasteiger partial charge in [0.25, 0.3) is 0 Å². The second kappa shape index (κ2) is 6.07. The minimum absolute atomic E-state index is 0.703. The second-order valence-electron chi connectivity index (χ2n) is 4.08. The SMILES string of the molecule is N#C/C(=C/N1CCOCC1)Cc1ccccc1. The van der Waals surface area contributed by atoms with Crippen LogP contribution in [-0.2, 0) is 11.2 Å². The maximum Gasteiger partial charge on any atom is 0.0965 e. The molecule has 0 amide bonds. The molecule has 1 saturated heterocycles. The highest BCUT2D eigenvalue weighted by Crippen LogP contribution is 2.09. The molecule has 0 unspecified atom stereocenters. The summed E-state index contributed by atoms with van der Waals surface area (Å²) in [6, 6.07) is 12.4. The van der Waals surface area contributed by atoms with Gasteiger partial charge in [-0.05, 0) is 5.56 Å². The van der Waals surface area contributed by atoms with E-state index in [9.17, 15) is 0 Å². The molecule has 0 atom stereocenters. The molecule has 0 bridgehead atoms. The van der Waals surface area contributed by atoms with Crippen LogP contribution in [0.4, 0.5) is 0 Å². The van der Waals surface area contributed by atoms with E-state index in [0.29, 0.717) is 6.42 Å². The molecule has 88 valence electrons. The maximum atomic E-state index is 9.14. The standard InChI is InChI=1S/C14H16N2O/c15-11-14(10-13-4-2-1-3-5-13)12-16-6-8-17-9-7-16/h1-5,12H,6-10H2/b14-12+. The van der Waals surface area contributed by atoms with Crippen molar-refractivity contribution in [1.82, 2.24) is 4.90 Å². The second-order valence-corrected chi connectivity index (χ2v) is 4.08. The summed E-state index contributed by atoms with van der Waals surface area (Å²) in [5, 5.41) is 9.14. The molecule has 0 spiro atoms. The third kappa shape index (κ3) is 3.61. The molecule has 1 aliphatic rings. The molecular formula is C14H16N2O. The van der Waals surface area contributed by atoms with E-state index in [1.54, 1.807) is 0 Å². The van der Waals surface area contributed by atoms with Gasteiger partial charge in [-0.25, -0.2) is 0 Å². The highest BCUT2D eigenvalue weighted by Gasteiger charge is 2.08. The first-order chi connectivity index (χ1) is 8.38. The number of morpholine rings is 1. The first-order valence-corrected chi connectivity index (χ1v) is 5.85. The number of hydrogen-bond acceptors (Lipinski definition) is 3. The summed E-state index contributed by atoms with van der Waals surface area (Å²) in [6.45, 7) is 3.25. The Balaban J connectivity index is 2.01. The minimum atomic E-state index is 0.703. The first kappa shape index (κ1) is 11.7. The number of ether oxygens (including phenoxy) is 1. The van der Waals surface area contributed by atoms with E-state index in [1.165, 1.54) is 5.56 Å². The van der Waals surface area contributed by atoms with Gasteiger partial charge in [-0.15, -0.1) is 0 Å². The molecule has 1 aliphatic heterocycles. The van der Waals surface area contributed by atoms with Crippen molar-refractivity contribution >= 4 is 0 Å². The maximum absolute atomic E-state index is 9.14. The van der Waals surface area contributed by atoms with Gasteiger partial charge >= 0.3 is 0 Å². The van der Waals surface area contributed by atoms with Gasteiger partial charge in [-0.3, -0.25) is 0 Å². The van der Waals surface area contributed by atoms with Crippen molar-refractivity contribution < 1.29 is 4.74 Å². The van der Waals surface area contributed by atoms with E-state index >= 15 is 0 Å². The van der Waals surface area contributed by atoms with Gasteiger partial charge in [0.1, 0.15) is 0 Å². The van der Waals surface area contributed by atoms with Crippen LogP contribution >= 0.6 is 0 Å². The third-order valence-electron chi connectivity index (χ3n) is 2.77. The molecule has 0 aromatic heterocycles. The van der Waals surface area contributed by atoms with Gasteiger partial charge in [-0.2, -0.15) is 5.26 Å². The van der Waals surface area contributed by atoms with Gasteiger partial charge in [0.05, 0.1) is 19.3 Å². The largest absolute Gasteiger partial charge is 0.378 e. The Bertz CT molecular complexity index is 414. The van der Waals surface area contributed by atoms with Gasteiger partial charge in [-0.1, -0.05) is 30.3 Å². The van der Waals surface area contributed by atoms with Crippen molar-refractivity contribution in [1.29, 1.82) is 5.26 Å². The van der Waals surface area contributed by atoms with E-state index in [4.69, 9.17) is 10.00 Å². The van der Waals surface area contributed by atoms with Crippen molar-refractivity contribution in [3.8, 4) is 6.07 Å². The summed E-state index contributed by atoms with van der Waals surface area (Å²) >= 11 is 0. The lowest BCUT2D eigenvalue weighted by molar-refractivity contribution is 0.0591. The van der Waals surface area contributed by atoms with Crippen LogP contribution in [0.1, 0.15) is 5.56 Å². The molecule has 3 heteroatoms. The van der Waals surface area contributed by atoms with Crippen LogP contribution in [0.3, 0.4) is 0 Å². The molecule has 0 N–H and O–H groups in total. The Hall–Kier alpha value is -1.79. The van der Waals surface area contributed by atoms with Crippen LogP contribution in [0.25, 0.3) is 0 Å². The number of rotatable bonds is 3. The number of allylic oxidation sites excluding steroid dienone is 1. The van der Waals surface area contributed by atoms with E-state index in [1.807, 2.05) is 36.5 Å². The van der Waals surface area contributed by atoms with E-state index < -0.39 is 0 Å². The number of hydrogen-bond donors (Lipinski definition) is 0. The van der Waals surface area contributed by atoms with Crippen molar-refractivity contribution in [3.05, 3.63) is 47.7 Å². The van der Waals surface area contributed by atoms with Crippen LogP contribution in [0.5, 0.6) is 0 Å². The molecule has 1 fully saturated rings. The average molecular weight is 228 g/mol. The molecule has 0 radical (unpaired) electrons. The highest BCUT2D eigenvalue weighted by atomic mass is 16.5. The number of nitriles is 1. The summed E-state index contributed by atoms with van der Waals surface area (Å²) in [4.78, 5) is 2.16. The van der Waals surface area contributed by atoms with Gasteiger partial charge in [0.2, 0.25) is 0 Å². The van der Waals surface area contributed by atoms with Gasteiger partial charge in [0, 0.05) is 31.3 Å². The van der Waals surface area contributed by atoms with E-state index in [-0.39, 0.29) is 0 Å². The van der Waals surface area contributed by atoms with Crippen LogP contribution in [0, 0.1) is 11.3 Å². The lowest BCUT2D eigenvalue weighted by Crippen LogP contribution is -2.32.